The van der Waals surface area contributed by atoms with Crippen LogP contribution < -0.4 is 15.4 Å². The fraction of sp³-hybridized carbons (Fsp3) is 0.650. The van der Waals surface area contributed by atoms with Crippen LogP contribution in [0, 0.1) is 5.92 Å². The molecule has 1 aromatic carbocycles. The van der Waals surface area contributed by atoms with Crippen molar-refractivity contribution in [2.45, 2.75) is 39.8 Å². The summed E-state index contributed by atoms with van der Waals surface area (Å²) in [5.41, 5.74) is 1.14. The molecule has 0 spiro atoms. The zero-order valence-corrected chi connectivity index (χ0v) is 19.6. The Morgan fingerprint density at radius 1 is 1.19 bits per heavy atom. The third-order valence-electron chi connectivity index (χ3n) is 3.98. The van der Waals surface area contributed by atoms with Gasteiger partial charge < -0.3 is 24.8 Å². The Bertz CT molecular complexity index is 527. The van der Waals surface area contributed by atoms with E-state index in [-0.39, 0.29) is 30.1 Å². The number of benzene rings is 1. The highest BCUT2D eigenvalue weighted by molar-refractivity contribution is 14.0. The molecule has 27 heavy (non-hydrogen) atoms. The number of halogens is 1. The fourth-order valence-electron chi connectivity index (χ4n) is 2.55. The number of guanidine groups is 1. The third kappa shape index (κ3) is 11.4. The first-order valence-electron chi connectivity index (χ1n) is 9.37. The van der Waals surface area contributed by atoms with E-state index in [0.717, 1.165) is 36.8 Å². The molecule has 156 valence electrons. The molecule has 0 heterocycles. The van der Waals surface area contributed by atoms with Crippen molar-refractivity contribution >= 4 is 29.9 Å². The van der Waals surface area contributed by atoms with E-state index in [1.807, 2.05) is 25.1 Å². The number of hydrogen-bond acceptors (Lipinski definition) is 4. The van der Waals surface area contributed by atoms with Gasteiger partial charge in [0.25, 0.3) is 0 Å². The minimum absolute atomic E-state index is 0. The van der Waals surface area contributed by atoms with Crippen molar-refractivity contribution in [3.8, 4) is 5.75 Å². The SMILES string of the molecule is CCOC(CCNC(=NC)NCc1cccc(OCCOC)c1)C(C)C.I. The Morgan fingerprint density at radius 3 is 2.59 bits per heavy atom. The Kier molecular flexibility index (Phi) is 15.3. The van der Waals surface area contributed by atoms with Gasteiger partial charge in [0.15, 0.2) is 5.96 Å². The summed E-state index contributed by atoms with van der Waals surface area (Å²) in [6.07, 6.45) is 1.22. The molecule has 0 saturated heterocycles. The smallest absolute Gasteiger partial charge is 0.191 e. The van der Waals surface area contributed by atoms with Crippen molar-refractivity contribution in [1.82, 2.24) is 10.6 Å². The van der Waals surface area contributed by atoms with Crippen molar-refractivity contribution in [3.63, 3.8) is 0 Å². The van der Waals surface area contributed by atoms with E-state index in [9.17, 15) is 0 Å². The van der Waals surface area contributed by atoms with Crippen LogP contribution in [0.3, 0.4) is 0 Å². The zero-order valence-electron chi connectivity index (χ0n) is 17.3. The lowest BCUT2D eigenvalue weighted by Gasteiger charge is -2.21. The van der Waals surface area contributed by atoms with Crippen LogP contribution in [-0.4, -0.2) is 52.6 Å². The monoisotopic (exact) mass is 493 g/mol. The van der Waals surface area contributed by atoms with Gasteiger partial charge in [-0.2, -0.15) is 0 Å². The lowest BCUT2D eigenvalue weighted by Crippen LogP contribution is -2.38. The van der Waals surface area contributed by atoms with Gasteiger partial charge in [-0.3, -0.25) is 4.99 Å². The van der Waals surface area contributed by atoms with Gasteiger partial charge in [0.1, 0.15) is 12.4 Å². The highest BCUT2D eigenvalue weighted by atomic mass is 127. The molecule has 1 rings (SSSR count). The van der Waals surface area contributed by atoms with Crippen molar-refractivity contribution in [3.05, 3.63) is 29.8 Å². The Balaban J connectivity index is 0.00000676. The minimum atomic E-state index is 0. The lowest BCUT2D eigenvalue weighted by atomic mass is 10.0. The summed E-state index contributed by atoms with van der Waals surface area (Å²) in [5, 5.41) is 6.68. The molecule has 0 radical (unpaired) electrons. The van der Waals surface area contributed by atoms with Crippen molar-refractivity contribution < 1.29 is 14.2 Å². The predicted octanol–water partition coefficient (Wildman–Crippen LogP) is 3.45. The second-order valence-electron chi connectivity index (χ2n) is 6.37. The average Bonchev–Trinajstić information content (AvgIpc) is 2.64. The quantitative estimate of drug-likeness (QED) is 0.202. The Morgan fingerprint density at radius 2 is 1.96 bits per heavy atom. The molecule has 0 saturated carbocycles. The van der Waals surface area contributed by atoms with Gasteiger partial charge in [-0.15, -0.1) is 24.0 Å². The van der Waals surface area contributed by atoms with Crippen LogP contribution in [0.1, 0.15) is 32.8 Å². The lowest BCUT2D eigenvalue weighted by molar-refractivity contribution is 0.0258. The van der Waals surface area contributed by atoms with Gasteiger partial charge in [0.2, 0.25) is 0 Å². The summed E-state index contributed by atoms with van der Waals surface area (Å²) in [6.45, 7) is 9.80. The van der Waals surface area contributed by atoms with Gasteiger partial charge in [-0.05, 0) is 37.0 Å². The normalized spacial score (nSPS) is 12.4. The Hall–Kier alpha value is -1.06. The average molecular weight is 493 g/mol. The number of ether oxygens (including phenoxy) is 3. The number of hydrogen-bond donors (Lipinski definition) is 2. The molecule has 0 aliphatic carbocycles. The van der Waals surface area contributed by atoms with Crippen LogP contribution in [0.4, 0.5) is 0 Å². The van der Waals surface area contributed by atoms with Crippen LogP contribution in [0.25, 0.3) is 0 Å². The maximum absolute atomic E-state index is 5.78. The van der Waals surface area contributed by atoms with Crippen molar-refractivity contribution in [1.29, 1.82) is 0 Å². The maximum atomic E-state index is 5.78. The molecule has 0 aliphatic rings. The van der Waals surface area contributed by atoms with Crippen LogP contribution >= 0.6 is 24.0 Å². The molecule has 2 N–H and O–H groups in total. The van der Waals surface area contributed by atoms with Crippen LogP contribution in [0.15, 0.2) is 29.3 Å². The number of nitrogens with one attached hydrogen (secondary N) is 2. The maximum Gasteiger partial charge on any atom is 0.191 e. The van der Waals surface area contributed by atoms with E-state index in [4.69, 9.17) is 14.2 Å². The fourth-order valence-corrected chi connectivity index (χ4v) is 2.55. The number of methoxy groups -OCH3 is 1. The zero-order chi connectivity index (χ0) is 19.2. The highest BCUT2D eigenvalue weighted by Crippen LogP contribution is 2.13. The third-order valence-corrected chi connectivity index (χ3v) is 3.98. The van der Waals surface area contributed by atoms with Gasteiger partial charge in [0, 0.05) is 33.9 Å². The largest absolute Gasteiger partial charge is 0.491 e. The molecule has 0 amide bonds. The number of rotatable bonds is 12. The van der Waals surface area contributed by atoms with Gasteiger partial charge >= 0.3 is 0 Å². The van der Waals surface area contributed by atoms with Crippen molar-refractivity contribution in [2.24, 2.45) is 10.9 Å². The molecule has 0 bridgehead atoms. The van der Waals surface area contributed by atoms with Gasteiger partial charge in [0.05, 0.1) is 12.7 Å². The van der Waals surface area contributed by atoms with Crippen molar-refractivity contribution in [2.75, 3.05) is 40.5 Å². The minimum Gasteiger partial charge on any atom is -0.491 e. The summed E-state index contributed by atoms with van der Waals surface area (Å²) in [7, 11) is 3.45. The van der Waals surface area contributed by atoms with Crippen LogP contribution in [0.5, 0.6) is 5.75 Å². The highest BCUT2D eigenvalue weighted by Gasteiger charge is 2.12. The van der Waals surface area contributed by atoms with E-state index in [2.05, 4.69) is 35.5 Å². The van der Waals surface area contributed by atoms with Crippen LogP contribution in [-0.2, 0) is 16.0 Å². The molecule has 0 aromatic heterocycles. The predicted molar refractivity (Wildman–Crippen MR) is 122 cm³/mol. The molecular weight excluding hydrogens is 457 g/mol. The summed E-state index contributed by atoms with van der Waals surface area (Å²) in [4.78, 5) is 4.28. The van der Waals surface area contributed by atoms with Gasteiger partial charge in [-0.25, -0.2) is 0 Å². The molecular formula is C20H36IN3O3. The second kappa shape index (κ2) is 15.9. The number of aliphatic imine (C=N–C) groups is 1. The molecule has 0 aliphatic heterocycles. The van der Waals surface area contributed by atoms with E-state index in [1.54, 1.807) is 14.2 Å². The van der Waals surface area contributed by atoms with E-state index < -0.39 is 0 Å². The first-order valence-corrected chi connectivity index (χ1v) is 9.37. The molecule has 1 atom stereocenters. The summed E-state index contributed by atoms with van der Waals surface area (Å²) in [6, 6.07) is 8.03. The molecule has 1 unspecified atom stereocenters. The van der Waals surface area contributed by atoms with E-state index in [0.29, 0.717) is 25.7 Å². The summed E-state index contributed by atoms with van der Waals surface area (Å²) >= 11 is 0. The van der Waals surface area contributed by atoms with E-state index >= 15 is 0 Å². The first kappa shape index (κ1) is 25.9. The van der Waals surface area contributed by atoms with Crippen LogP contribution in [0.2, 0.25) is 0 Å². The standard InChI is InChI=1S/C20H35N3O3.HI/c1-6-25-19(16(2)3)10-11-22-20(21-4)23-15-17-8-7-9-18(14-17)26-13-12-24-5;/h7-9,14,16,19H,6,10-13,15H2,1-5H3,(H2,21,22,23);1H. The Labute approximate surface area is 181 Å². The number of nitrogens with zero attached hydrogens (tertiary/aromatic N) is 1. The summed E-state index contributed by atoms with van der Waals surface area (Å²) < 4.78 is 16.4. The first-order chi connectivity index (χ1) is 12.6. The summed E-state index contributed by atoms with van der Waals surface area (Å²) in [5.74, 6) is 2.14. The topological polar surface area (TPSA) is 64.1 Å². The molecule has 6 nitrogen and oxygen atoms in total. The van der Waals surface area contributed by atoms with Gasteiger partial charge in [-0.1, -0.05) is 26.0 Å². The molecule has 7 heteroatoms. The molecule has 1 aromatic rings. The van der Waals surface area contributed by atoms with E-state index in [1.165, 1.54) is 0 Å². The second-order valence-corrected chi connectivity index (χ2v) is 6.37. The molecule has 0 fully saturated rings.